The number of carbonyl (C=O) groups excluding carboxylic acids is 1. The van der Waals surface area contributed by atoms with E-state index in [0.29, 0.717) is 11.6 Å². The standard InChI is InChI=1S/C20H16ClN3O/c21-16-7-10-19(11-8-16)24(15-18-6-2-4-14-23-18)20(25)12-9-17-5-1-3-13-22-17/h1-14H,15H2/b12-9-. The molecule has 0 aliphatic heterocycles. The Hall–Kier alpha value is -2.98. The lowest BCUT2D eigenvalue weighted by Crippen LogP contribution is -2.29. The fourth-order valence-corrected chi connectivity index (χ4v) is 2.42. The molecule has 0 aliphatic carbocycles. The molecule has 5 heteroatoms. The van der Waals surface area contributed by atoms with Crippen LogP contribution in [0.4, 0.5) is 5.69 Å². The Morgan fingerprint density at radius 2 is 1.68 bits per heavy atom. The predicted molar refractivity (Wildman–Crippen MR) is 100 cm³/mol. The van der Waals surface area contributed by atoms with Gasteiger partial charge in [-0.05, 0) is 54.6 Å². The Bertz CT molecular complexity index is 849. The Morgan fingerprint density at radius 1 is 0.960 bits per heavy atom. The maximum atomic E-state index is 12.8. The zero-order valence-electron chi connectivity index (χ0n) is 13.4. The topological polar surface area (TPSA) is 46.1 Å². The van der Waals surface area contributed by atoms with Crippen LogP contribution in [0.25, 0.3) is 6.08 Å². The number of amides is 1. The van der Waals surface area contributed by atoms with Crippen LogP contribution in [0.1, 0.15) is 11.4 Å². The summed E-state index contributed by atoms with van der Waals surface area (Å²) >= 11 is 5.96. The highest BCUT2D eigenvalue weighted by Gasteiger charge is 2.14. The van der Waals surface area contributed by atoms with Crippen molar-refractivity contribution in [1.82, 2.24) is 9.97 Å². The number of pyridine rings is 2. The molecule has 2 heterocycles. The number of aromatic nitrogens is 2. The van der Waals surface area contributed by atoms with Gasteiger partial charge in [-0.2, -0.15) is 0 Å². The van der Waals surface area contributed by atoms with Crippen LogP contribution in [0.15, 0.2) is 79.1 Å². The molecule has 0 spiro atoms. The molecule has 3 rings (SSSR count). The molecule has 124 valence electrons. The largest absolute Gasteiger partial charge is 0.303 e. The second-order valence-corrected chi connectivity index (χ2v) is 5.75. The van der Waals surface area contributed by atoms with Gasteiger partial charge < -0.3 is 4.90 Å². The van der Waals surface area contributed by atoms with Crippen LogP contribution in [-0.4, -0.2) is 15.9 Å². The monoisotopic (exact) mass is 349 g/mol. The minimum atomic E-state index is -0.154. The number of carbonyl (C=O) groups is 1. The molecule has 3 aromatic rings. The van der Waals surface area contributed by atoms with Gasteiger partial charge in [0.25, 0.3) is 5.91 Å². The molecule has 1 amide bonds. The van der Waals surface area contributed by atoms with Gasteiger partial charge in [0.2, 0.25) is 0 Å². The first-order valence-corrected chi connectivity index (χ1v) is 8.16. The Labute approximate surface area is 151 Å². The molecule has 0 saturated heterocycles. The van der Waals surface area contributed by atoms with E-state index in [-0.39, 0.29) is 5.91 Å². The molecule has 0 saturated carbocycles. The zero-order valence-corrected chi connectivity index (χ0v) is 14.2. The third kappa shape index (κ3) is 4.75. The van der Waals surface area contributed by atoms with Gasteiger partial charge in [0.15, 0.2) is 0 Å². The summed E-state index contributed by atoms with van der Waals surface area (Å²) in [4.78, 5) is 22.9. The van der Waals surface area contributed by atoms with Crippen LogP contribution in [-0.2, 0) is 11.3 Å². The van der Waals surface area contributed by atoms with Crippen molar-refractivity contribution in [3.05, 3.63) is 95.5 Å². The highest BCUT2D eigenvalue weighted by atomic mass is 35.5. The zero-order chi connectivity index (χ0) is 17.5. The average Bonchev–Trinajstić information content (AvgIpc) is 2.67. The molecule has 0 unspecified atom stereocenters. The number of anilines is 1. The molecule has 0 fully saturated rings. The quantitative estimate of drug-likeness (QED) is 0.642. The Kier molecular flexibility index (Phi) is 5.54. The van der Waals surface area contributed by atoms with Crippen LogP contribution >= 0.6 is 11.6 Å². The lowest BCUT2D eigenvalue weighted by molar-refractivity contribution is -0.114. The van der Waals surface area contributed by atoms with Crippen LogP contribution in [0.3, 0.4) is 0 Å². The maximum absolute atomic E-state index is 12.8. The van der Waals surface area contributed by atoms with Crippen LogP contribution in [0.5, 0.6) is 0 Å². The van der Waals surface area contributed by atoms with Crippen molar-refractivity contribution in [3.8, 4) is 0 Å². The van der Waals surface area contributed by atoms with Crippen molar-refractivity contribution >= 4 is 29.3 Å². The number of halogens is 1. The Morgan fingerprint density at radius 3 is 2.32 bits per heavy atom. The van der Waals surface area contributed by atoms with Gasteiger partial charge in [-0.1, -0.05) is 23.7 Å². The van der Waals surface area contributed by atoms with E-state index in [0.717, 1.165) is 17.1 Å². The summed E-state index contributed by atoms with van der Waals surface area (Å²) in [6.07, 6.45) is 6.61. The van der Waals surface area contributed by atoms with Gasteiger partial charge in [-0.25, -0.2) is 0 Å². The van der Waals surface area contributed by atoms with Gasteiger partial charge in [-0.3, -0.25) is 14.8 Å². The number of rotatable bonds is 5. The van der Waals surface area contributed by atoms with Crippen molar-refractivity contribution in [2.24, 2.45) is 0 Å². The first-order valence-electron chi connectivity index (χ1n) is 7.78. The van der Waals surface area contributed by atoms with E-state index in [1.807, 2.05) is 48.5 Å². The second kappa shape index (κ2) is 8.22. The molecule has 0 bridgehead atoms. The van der Waals surface area contributed by atoms with Crippen LogP contribution in [0, 0.1) is 0 Å². The number of hydrogen-bond acceptors (Lipinski definition) is 3. The highest BCUT2D eigenvalue weighted by Crippen LogP contribution is 2.20. The second-order valence-electron chi connectivity index (χ2n) is 5.31. The van der Waals surface area contributed by atoms with Crippen LogP contribution < -0.4 is 4.90 Å². The fourth-order valence-electron chi connectivity index (χ4n) is 2.29. The summed E-state index contributed by atoms with van der Waals surface area (Å²) in [7, 11) is 0. The fraction of sp³-hybridized carbons (Fsp3) is 0.0500. The van der Waals surface area contributed by atoms with E-state index >= 15 is 0 Å². The molecule has 1 aromatic carbocycles. The van der Waals surface area contributed by atoms with Gasteiger partial charge in [0, 0.05) is 29.2 Å². The number of hydrogen-bond donors (Lipinski definition) is 0. The van der Waals surface area contributed by atoms with Crippen molar-refractivity contribution < 1.29 is 4.79 Å². The van der Waals surface area contributed by atoms with Crippen LogP contribution in [0.2, 0.25) is 5.02 Å². The van der Waals surface area contributed by atoms with Crippen molar-refractivity contribution in [2.45, 2.75) is 6.54 Å². The molecule has 0 aliphatic rings. The van der Waals surface area contributed by atoms with Gasteiger partial charge in [0.05, 0.1) is 17.9 Å². The minimum Gasteiger partial charge on any atom is -0.303 e. The van der Waals surface area contributed by atoms with Gasteiger partial charge in [-0.15, -0.1) is 0 Å². The Balaban J connectivity index is 1.86. The molecule has 0 atom stereocenters. The third-order valence-corrected chi connectivity index (χ3v) is 3.79. The smallest absolute Gasteiger partial charge is 0.251 e. The van der Waals surface area contributed by atoms with E-state index < -0.39 is 0 Å². The van der Waals surface area contributed by atoms with Crippen molar-refractivity contribution in [2.75, 3.05) is 4.90 Å². The number of nitrogens with zero attached hydrogens (tertiary/aromatic N) is 3. The molecular formula is C20H16ClN3O. The summed E-state index contributed by atoms with van der Waals surface area (Å²) in [6.45, 7) is 0.369. The molecule has 2 aromatic heterocycles. The van der Waals surface area contributed by atoms with E-state index in [2.05, 4.69) is 9.97 Å². The summed E-state index contributed by atoms with van der Waals surface area (Å²) in [6, 6.07) is 18.3. The summed E-state index contributed by atoms with van der Waals surface area (Å²) in [5.74, 6) is -0.154. The van der Waals surface area contributed by atoms with E-state index in [1.165, 1.54) is 6.08 Å². The average molecular weight is 350 g/mol. The maximum Gasteiger partial charge on any atom is 0.251 e. The lowest BCUT2D eigenvalue weighted by atomic mass is 10.2. The summed E-state index contributed by atoms with van der Waals surface area (Å²) in [5, 5.41) is 0.623. The van der Waals surface area contributed by atoms with E-state index in [9.17, 15) is 4.79 Å². The molecule has 0 radical (unpaired) electrons. The minimum absolute atomic E-state index is 0.154. The first kappa shape index (κ1) is 16.9. The third-order valence-electron chi connectivity index (χ3n) is 3.54. The van der Waals surface area contributed by atoms with Gasteiger partial charge >= 0.3 is 0 Å². The molecule has 4 nitrogen and oxygen atoms in total. The molecule has 0 N–H and O–H groups in total. The van der Waals surface area contributed by atoms with E-state index in [1.54, 1.807) is 35.5 Å². The first-order chi connectivity index (χ1) is 12.2. The predicted octanol–water partition coefficient (Wildman–Crippen LogP) is 4.38. The van der Waals surface area contributed by atoms with Crippen molar-refractivity contribution in [3.63, 3.8) is 0 Å². The highest BCUT2D eigenvalue weighted by molar-refractivity contribution is 6.30. The normalized spacial score (nSPS) is 10.8. The van der Waals surface area contributed by atoms with E-state index in [4.69, 9.17) is 11.6 Å². The lowest BCUT2D eigenvalue weighted by Gasteiger charge is -2.21. The summed E-state index contributed by atoms with van der Waals surface area (Å²) < 4.78 is 0. The number of benzene rings is 1. The van der Waals surface area contributed by atoms with Gasteiger partial charge in [0.1, 0.15) is 0 Å². The van der Waals surface area contributed by atoms with Crippen molar-refractivity contribution in [1.29, 1.82) is 0 Å². The SMILES string of the molecule is O=C(/C=C\c1ccccn1)N(Cc1ccccn1)c1ccc(Cl)cc1. The molecule has 25 heavy (non-hydrogen) atoms. The molecular weight excluding hydrogens is 334 g/mol. The summed E-state index contributed by atoms with van der Waals surface area (Å²) in [5.41, 5.74) is 2.28.